The van der Waals surface area contributed by atoms with Crippen LogP contribution in [-0.4, -0.2) is 23.0 Å². The van der Waals surface area contributed by atoms with E-state index in [1.54, 1.807) is 0 Å². The maximum Gasteiger partial charge on any atom is 1.00 e. The van der Waals surface area contributed by atoms with Crippen LogP contribution in [0.3, 0.4) is 0 Å². The van der Waals surface area contributed by atoms with Crippen LogP contribution in [0.5, 0.6) is 0 Å². The van der Waals surface area contributed by atoms with Crippen molar-refractivity contribution in [3.63, 3.8) is 0 Å². The van der Waals surface area contributed by atoms with Gasteiger partial charge in [0.2, 0.25) is 0 Å². The van der Waals surface area contributed by atoms with Crippen LogP contribution in [0, 0.1) is 0 Å². The van der Waals surface area contributed by atoms with Gasteiger partial charge in [-0.15, -0.1) is 0 Å². The Morgan fingerprint density at radius 2 is 1.58 bits per heavy atom. The first-order valence-electron chi connectivity index (χ1n) is 3.63. The fourth-order valence-corrected chi connectivity index (χ4v) is 2.14. The molecule has 1 saturated carbocycles. The molecule has 0 aromatic rings. The molecule has 1 aliphatic rings. The molecule has 0 radical (unpaired) electrons. The minimum atomic E-state index is -4.52. The summed E-state index contributed by atoms with van der Waals surface area (Å²) >= 11 is 0. The summed E-state index contributed by atoms with van der Waals surface area (Å²) in [6.45, 7) is 0. The van der Waals surface area contributed by atoms with Gasteiger partial charge in [-0.05, 0) is 25.7 Å². The smallest absolute Gasteiger partial charge is 0.746 e. The van der Waals surface area contributed by atoms with E-state index in [0.29, 0.717) is 12.8 Å². The predicted molar refractivity (Wildman–Crippen MR) is 37.7 cm³/mol. The molecule has 0 amide bonds. The second-order valence-electron chi connectivity index (χ2n) is 2.96. The molecule has 12 heavy (non-hydrogen) atoms. The molecule has 4 nitrogen and oxygen atoms in total. The molecule has 66 valence electrons. The van der Waals surface area contributed by atoms with E-state index in [9.17, 15) is 18.1 Å². The Bertz CT molecular complexity index is 230. The van der Waals surface area contributed by atoms with Gasteiger partial charge in [-0.3, -0.25) is 0 Å². The Balaban J connectivity index is 0.00000121. The summed E-state index contributed by atoms with van der Waals surface area (Å²) in [5, 5.41) is 9.31. The summed E-state index contributed by atoms with van der Waals surface area (Å²) < 4.78 is 31.5. The van der Waals surface area contributed by atoms with Gasteiger partial charge in [-0.1, -0.05) is 6.42 Å². The SMILES string of the molecule is O=S(=O)([O-])C1(O)CCCCC1.[Na+]. The Morgan fingerprint density at radius 1 is 1.17 bits per heavy atom. The van der Waals surface area contributed by atoms with Crippen molar-refractivity contribution in [2.24, 2.45) is 0 Å². The van der Waals surface area contributed by atoms with Gasteiger partial charge in [0.25, 0.3) is 0 Å². The van der Waals surface area contributed by atoms with E-state index in [0.717, 1.165) is 6.42 Å². The van der Waals surface area contributed by atoms with Crippen LogP contribution >= 0.6 is 0 Å². The molecule has 0 atom stereocenters. The van der Waals surface area contributed by atoms with E-state index in [4.69, 9.17) is 0 Å². The molecule has 0 bridgehead atoms. The van der Waals surface area contributed by atoms with Gasteiger partial charge in [0, 0.05) is 0 Å². The Labute approximate surface area is 94.4 Å². The predicted octanol–water partition coefficient (Wildman–Crippen LogP) is -2.81. The molecule has 1 fully saturated rings. The van der Waals surface area contributed by atoms with Crippen LogP contribution in [0.1, 0.15) is 32.1 Å². The average Bonchev–Trinajstić information content (AvgIpc) is 1.87. The Kier molecular flexibility index (Phi) is 4.71. The first-order valence-corrected chi connectivity index (χ1v) is 5.04. The zero-order valence-electron chi connectivity index (χ0n) is 7.12. The van der Waals surface area contributed by atoms with E-state index in [1.165, 1.54) is 0 Å². The van der Waals surface area contributed by atoms with E-state index in [1.807, 2.05) is 0 Å². The van der Waals surface area contributed by atoms with Gasteiger partial charge in [0.1, 0.15) is 10.1 Å². The van der Waals surface area contributed by atoms with Crippen LogP contribution in [0.15, 0.2) is 0 Å². The van der Waals surface area contributed by atoms with Crippen LogP contribution in [-0.2, 0) is 10.1 Å². The summed E-state index contributed by atoms with van der Waals surface area (Å²) in [4.78, 5) is -1.97. The van der Waals surface area contributed by atoms with Gasteiger partial charge in [0.05, 0.1) is 0 Å². The van der Waals surface area contributed by atoms with Crippen molar-refractivity contribution in [2.45, 2.75) is 37.0 Å². The normalized spacial score (nSPS) is 22.8. The second kappa shape index (κ2) is 4.39. The van der Waals surface area contributed by atoms with Crippen LogP contribution in [0.4, 0.5) is 0 Å². The van der Waals surface area contributed by atoms with E-state index in [-0.39, 0.29) is 42.4 Å². The third kappa shape index (κ3) is 2.68. The zero-order valence-corrected chi connectivity index (χ0v) is 9.93. The van der Waals surface area contributed by atoms with E-state index < -0.39 is 15.1 Å². The van der Waals surface area contributed by atoms with Gasteiger partial charge in [-0.2, -0.15) is 0 Å². The van der Waals surface area contributed by atoms with Crippen molar-refractivity contribution in [2.75, 3.05) is 0 Å². The summed E-state index contributed by atoms with van der Waals surface area (Å²) in [5.41, 5.74) is 0. The Hall–Kier alpha value is 0.870. The molecule has 0 saturated heterocycles. The van der Waals surface area contributed by atoms with E-state index in [2.05, 4.69) is 0 Å². The van der Waals surface area contributed by atoms with Crippen molar-refractivity contribution >= 4 is 10.1 Å². The summed E-state index contributed by atoms with van der Waals surface area (Å²) in [6, 6.07) is 0. The maximum atomic E-state index is 10.5. The molecular formula is C6H11NaO4S. The fraction of sp³-hybridized carbons (Fsp3) is 1.00. The molecule has 6 heteroatoms. The third-order valence-electron chi connectivity index (χ3n) is 2.10. The van der Waals surface area contributed by atoms with Gasteiger partial charge >= 0.3 is 29.6 Å². The molecule has 0 aliphatic heterocycles. The minimum absolute atomic E-state index is 0. The first-order chi connectivity index (χ1) is 4.96. The molecule has 0 aromatic carbocycles. The molecular weight excluding hydrogens is 191 g/mol. The molecule has 1 N–H and O–H groups in total. The van der Waals surface area contributed by atoms with Gasteiger partial charge < -0.3 is 9.66 Å². The van der Waals surface area contributed by atoms with E-state index >= 15 is 0 Å². The molecule has 0 aromatic heterocycles. The molecule has 0 unspecified atom stereocenters. The van der Waals surface area contributed by atoms with Crippen molar-refractivity contribution in [3.8, 4) is 0 Å². The summed E-state index contributed by atoms with van der Waals surface area (Å²) in [5.74, 6) is 0. The summed E-state index contributed by atoms with van der Waals surface area (Å²) in [7, 11) is -4.52. The zero-order chi connectivity index (χ0) is 8.54. The molecule has 1 aliphatic carbocycles. The van der Waals surface area contributed by atoms with Crippen molar-refractivity contribution < 1.29 is 47.6 Å². The molecule has 0 spiro atoms. The maximum absolute atomic E-state index is 10.5. The first kappa shape index (κ1) is 12.9. The monoisotopic (exact) mass is 202 g/mol. The standard InChI is InChI=1S/C6H12O4S.Na/c7-6(11(8,9)10)4-2-1-3-5-6;/h7H,1-5H2,(H,8,9,10);/q;+1/p-1. The topological polar surface area (TPSA) is 77.4 Å². The second-order valence-corrected chi connectivity index (χ2v) is 4.63. The minimum Gasteiger partial charge on any atom is -0.746 e. The number of hydrogen-bond donors (Lipinski definition) is 1. The van der Waals surface area contributed by atoms with Gasteiger partial charge in [-0.25, -0.2) is 8.42 Å². The van der Waals surface area contributed by atoms with Crippen LogP contribution in [0.2, 0.25) is 0 Å². The molecule has 0 heterocycles. The van der Waals surface area contributed by atoms with Crippen molar-refractivity contribution in [1.82, 2.24) is 0 Å². The summed E-state index contributed by atoms with van der Waals surface area (Å²) in [6.07, 6.45) is 2.34. The fourth-order valence-electron chi connectivity index (χ4n) is 1.35. The van der Waals surface area contributed by atoms with Crippen LogP contribution < -0.4 is 29.6 Å². The van der Waals surface area contributed by atoms with Crippen molar-refractivity contribution in [1.29, 1.82) is 0 Å². The largest absolute Gasteiger partial charge is 1.00 e. The average molecular weight is 202 g/mol. The third-order valence-corrected chi connectivity index (χ3v) is 3.44. The van der Waals surface area contributed by atoms with Crippen LogP contribution in [0.25, 0.3) is 0 Å². The Morgan fingerprint density at radius 3 is 1.83 bits per heavy atom. The molecule has 1 rings (SSSR count). The van der Waals surface area contributed by atoms with Crippen molar-refractivity contribution in [3.05, 3.63) is 0 Å². The quantitative estimate of drug-likeness (QED) is 0.368. The number of rotatable bonds is 1. The number of hydrogen-bond acceptors (Lipinski definition) is 4. The van der Waals surface area contributed by atoms with Gasteiger partial charge in [0.15, 0.2) is 4.93 Å². The number of aliphatic hydroxyl groups is 1.